The number of hydrogen-bond acceptors (Lipinski definition) is 6. The standard InChI is InChI=1S/C18H20N2O5/c1-11(2)14(5-6-19)25-18(22)12-7-17(21)20(9-12)13-3-4-15-16(8-13)24-10-23-15/h3-4,8,11-12,14H,5,7,9-10H2,1-2H3/t12-,14-/m0/s1. The third-order valence-corrected chi connectivity index (χ3v) is 4.43. The van der Waals surface area contributed by atoms with Crippen LogP contribution in [0.25, 0.3) is 0 Å². The van der Waals surface area contributed by atoms with Gasteiger partial charge in [-0.25, -0.2) is 0 Å². The summed E-state index contributed by atoms with van der Waals surface area (Å²) in [5.74, 6) is 0.184. The molecular formula is C18H20N2O5. The summed E-state index contributed by atoms with van der Waals surface area (Å²) in [4.78, 5) is 26.3. The molecule has 0 spiro atoms. The molecule has 0 radical (unpaired) electrons. The summed E-state index contributed by atoms with van der Waals surface area (Å²) in [6.07, 6.45) is -0.201. The average molecular weight is 344 g/mol. The van der Waals surface area contributed by atoms with E-state index in [4.69, 9.17) is 19.5 Å². The largest absolute Gasteiger partial charge is 0.461 e. The Bertz CT molecular complexity index is 725. The van der Waals surface area contributed by atoms with Gasteiger partial charge in [0.15, 0.2) is 11.5 Å². The molecule has 2 atom stereocenters. The van der Waals surface area contributed by atoms with Crippen molar-refractivity contribution < 1.29 is 23.8 Å². The van der Waals surface area contributed by atoms with Gasteiger partial charge >= 0.3 is 5.97 Å². The summed E-state index contributed by atoms with van der Waals surface area (Å²) in [5.41, 5.74) is 0.669. The predicted octanol–water partition coefficient (Wildman–Crippen LogP) is 2.25. The average Bonchev–Trinajstić information content (AvgIpc) is 3.19. The molecule has 0 N–H and O–H groups in total. The van der Waals surface area contributed by atoms with Crippen LogP contribution in [0, 0.1) is 23.2 Å². The molecule has 0 aliphatic carbocycles. The summed E-state index contributed by atoms with van der Waals surface area (Å²) < 4.78 is 16.1. The topological polar surface area (TPSA) is 88.9 Å². The number of amides is 1. The number of ether oxygens (including phenoxy) is 3. The number of anilines is 1. The number of hydrogen-bond donors (Lipinski definition) is 0. The predicted molar refractivity (Wildman–Crippen MR) is 88.0 cm³/mol. The molecule has 2 aliphatic rings. The van der Waals surface area contributed by atoms with Crippen LogP contribution in [0.15, 0.2) is 18.2 Å². The summed E-state index contributed by atoms with van der Waals surface area (Å²) in [5, 5.41) is 8.85. The van der Waals surface area contributed by atoms with Gasteiger partial charge in [0, 0.05) is 24.7 Å². The Morgan fingerprint density at radius 3 is 2.88 bits per heavy atom. The first-order valence-corrected chi connectivity index (χ1v) is 8.27. The number of fused-ring (bicyclic) bond motifs is 1. The molecule has 2 aliphatic heterocycles. The van der Waals surface area contributed by atoms with Crippen LogP contribution >= 0.6 is 0 Å². The molecule has 0 saturated carbocycles. The minimum Gasteiger partial charge on any atom is -0.461 e. The lowest BCUT2D eigenvalue weighted by molar-refractivity contribution is -0.155. The molecule has 1 amide bonds. The fourth-order valence-corrected chi connectivity index (χ4v) is 2.92. The summed E-state index contributed by atoms with van der Waals surface area (Å²) >= 11 is 0. The minimum absolute atomic E-state index is 0.0469. The van der Waals surface area contributed by atoms with E-state index in [1.807, 2.05) is 19.9 Å². The molecular weight excluding hydrogens is 324 g/mol. The molecule has 7 heteroatoms. The first-order chi connectivity index (χ1) is 12.0. The fourth-order valence-electron chi connectivity index (χ4n) is 2.92. The van der Waals surface area contributed by atoms with Crippen LogP contribution in [0.1, 0.15) is 26.7 Å². The molecule has 0 aromatic heterocycles. The maximum atomic E-state index is 12.4. The van der Waals surface area contributed by atoms with E-state index in [2.05, 4.69) is 0 Å². The molecule has 1 fully saturated rings. The van der Waals surface area contributed by atoms with Crippen LogP contribution in [-0.2, 0) is 14.3 Å². The lowest BCUT2D eigenvalue weighted by Crippen LogP contribution is -2.30. The van der Waals surface area contributed by atoms with E-state index < -0.39 is 18.0 Å². The van der Waals surface area contributed by atoms with Crippen LogP contribution in [0.4, 0.5) is 5.69 Å². The van der Waals surface area contributed by atoms with E-state index in [9.17, 15) is 9.59 Å². The molecule has 1 saturated heterocycles. The molecule has 1 aromatic carbocycles. The van der Waals surface area contributed by atoms with Crippen molar-refractivity contribution in [2.75, 3.05) is 18.2 Å². The van der Waals surface area contributed by atoms with Gasteiger partial charge in [-0.15, -0.1) is 0 Å². The first kappa shape index (κ1) is 17.1. The van der Waals surface area contributed by atoms with Crippen LogP contribution in [0.3, 0.4) is 0 Å². The molecule has 3 rings (SSSR count). The Kier molecular flexibility index (Phi) is 4.79. The van der Waals surface area contributed by atoms with Crippen molar-refractivity contribution in [2.24, 2.45) is 11.8 Å². The summed E-state index contributed by atoms with van der Waals surface area (Å²) in [6, 6.07) is 7.29. The molecule has 7 nitrogen and oxygen atoms in total. The Morgan fingerprint density at radius 2 is 2.16 bits per heavy atom. The van der Waals surface area contributed by atoms with E-state index in [0.29, 0.717) is 17.2 Å². The van der Waals surface area contributed by atoms with Crippen LogP contribution in [0.2, 0.25) is 0 Å². The first-order valence-electron chi connectivity index (χ1n) is 8.27. The van der Waals surface area contributed by atoms with Gasteiger partial charge in [0.1, 0.15) is 6.10 Å². The molecule has 0 unspecified atom stereocenters. The van der Waals surface area contributed by atoms with Gasteiger partial charge in [0.25, 0.3) is 0 Å². The van der Waals surface area contributed by atoms with Gasteiger partial charge in [-0.3, -0.25) is 9.59 Å². The Morgan fingerprint density at radius 1 is 1.40 bits per heavy atom. The maximum Gasteiger partial charge on any atom is 0.311 e. The number of benzene rings is 1. The van der Waals surface area contributed by atoms with Crippen molar-refractivity contribution in [3.8, 4) is 17.6 Å². The number of carbonyl (C=O) groups is 2. The second-order valence-corrected chi connectivity index (χ2v) is 6.52. The van der Waals surface area contributed by atoms with Gasteiger partial charge in [-0.05, 0) is 18.1 Å². The number of carbonyl (C=O) groups excluding carboxylic acids is 2. The fraction of sp³-hybridized carbons (Fsp3) is 0.500. The number of rotatable bonds is 5. The highest BCUT2D eigenvalue weighted by Crippen LogP contribution is 2.37. The molecule has 132 valence electrons. The molecule has 1 aromatic rings. The van der Waals surface area contributed by atoms with Crippen molar-refractivity contribution in [3.63, 3.8) is 0 Å². The Labute approximate surface area is 146 Å². The van der Waals surface area contributed by atoms with Gasteiger partial charge in [0.05, 0.1) is 18.4 Å². The summed E-state index contributed by atoms with van der Waals surface area (Å²) in [7, 11) is 0. The monoisotopic (exact) mass is 344 g/mol. The lowest BCUT2D eigenvalue weighted by Gasteiger charge is -2.21. The zero-order valence-electron chi connectivity index (χ0n) is 14.2. The van der Waals surface area contributed by atoms with Crippen molar-refractivity contribution in [1.82, 2.24) is 0 Å². The Balaban J connectivity index is 1.68. The smallest absolute Gasteiger partial charge is 0.311 e. The van der Waals surface area contributed by atoms with E-state index in [1.165, 1.54) is 0 Å². The lowest BCUT2D eigenvalue weighted by atomic mass is 10.0. The van der Waals surface area contributed by atoms with Crippen molar-refractivity contribution >= 4 is 17.6 Å². The summed E-state index contributed by atoms with van der Waals surface area (Å²) in [6.45, 7) is 4.22. The Hall–Kier alpha value is -2.75. The van der Waals surface area contributed by atoms with Gasteiger partial charge < -0.3 is 19.1 Å². The third kappa shape index (κ3) is 3.53. The van der Waals surface area contributed by atoms with Crippen molar-refractivity contribution in [1.29, 1.82) is 5.26 Å². The van der Waals surface area contributed by atoms with Crippen LogP contribution in [-0.4, -0.2) is 31.3 Å². The van der Waals surface area contributed by atoms with E-state index in [-0.39, 0.29) is 38.0 Å². The van der Waals surface area contributed by atoms with Gasteiger partial charge in [-0.2, -0.15) is 5.26 Å². The number of nitriles is 1. The molecule has 0 bridgehead atoms. The van der Waals surface area contributed by atoms with Gasteiger partial charge in [-0.1, -0.05) is 13.8 Å². The highest BCUT2D eigenvalue weighted by Gasteiger charge is 2.37. The highest BCUT2D eigenvalue weighted by molar-refractivity contribution is 5.99. The minimum atomic E-state index is -0.530. The maximum absolute atomic E-state index is 12.4. The van der Waals surface area contributed by atoms with Crippen LogP contribution < -0.4 is 14.4 Å². The zero-order valence-corrected chi connectivity index (χ0v) is 14.2. The quantitative estimate of drug-likeness (QED) is 0.761. The third-order valence-electron chi connectivity index (χ3n) is 4.43. The SMILES string of the molecule is CC(C)[C@H](CC#N)OC(=O)[C@H]1CC(=O)N(c2ccc3c(c2)OCO3)C1. The zero-order chi connectivity index (χ0) is 18.0. The van der Waals surface area contributed by atoms with Crippen molar-refractivity contribution in [3.05, 3.63) is 18.2 Å². The molecule has 25 heavy (non-hydrogen) atoms. The van der Waals surface area contributed by atoms with Crippen molar-refractivity contribution in [2.45, 2.75) is 32.8 Å². The van der Waals surface area contributed by atoms with E-state index in [0.717, 1.165) is 0 Å². The van der Waals surface area contributed by atoms with Crippen LogP contribution in [0.5, 0.6) is 11.5 Å². The van der Waals surface area contributed by atoms with E-state index >= 15 is 0 Å². The second-order valence-electron chi connectivity index (χ2n) is 6.52. The number of esters is 1. The number of nitrogens with zero attached hydrogens (tertiary/aromatic N) is 2. The highest BCUT2D eigenvalue weighted by atomic mass is 16.7. The second kappa shape index (κ2) is 7.01. The van der Waals surface area contributed by atoms with Gasteiger partial charge in [0.2, 0.25) is 12.7 Å². The molecule has 2 heterocycles. The normalized spacial score (nSPS) is 19.8. The van der Waals surface area contributed by atoms with E-state index in [1.54, 1.807) is 23.1 Å².